The Kier molecular flexibility index (Phi) is 5.22. The molecule has 3 aromatic rings. The van der Waals surface area contributed by atoms with E-state index in [2.05, 4.69) is 21.2 Å². The summed E-state index contributed by atoms with van der Waals surface area (Å²) in [6, 6.07) is 9.74. The summed E-state index contributed by atoms with van der Waals surface area (Å²) in [5.74, 6) is -1.10. The van der Waals surface area contributed by atoms with E-state index in [-0.39, 0.29) is 18.9 Å². The van der Waals surface area contributed by atoms with Gasteiger partial charge in [0.25, 0.3) is 5.91 Å². The molecule has 1 N–H and O–H groups in total. The molecule has 0 atom stereocenters. The molecule has 1 amide bonds. The summed E-state index contributed by atoms with van der Waals surface area (Å²) in [6.45, 7) is 1.45. The standard InChI is InChI=1S/C18H14BrNO6/c1-10-2-3-12-11(7-16(21)26-14(12)6-10)9-24-17(22)8-20-18(23)13-4-5-15(19)25-13/h2-7H,8-9H2,1H3,(H,20,23). The summed E-state index contributed by atoms with van der Waals surface area (Å²) in [6.07, 6.45) is 0. The number of halogens is 1. The second kappa shape index (κ2) is 7.57. The molecule has 26 heavy (non-hydrogen) atoms. The van der Waals surface area contributed by atoms with E-state index < -0.39 is 17.5 Å². The van der Waals surface area contributed by atoms with Gasteiger partial charge in [0.1, 0.15) is 18.7 Å². The number of nitrogens with one attached hydrogen (secondary N) is 1. The molecule has 0 aliphatic rings. The molecule has 8 heteroatoms. The molecule has 0 saturated heterocycles. The summed E-state index contributed by atoms with van der Waals surface area (Å²) < 4.78 is 15.8. The molecule has 0 radical (unpaired) electrons. The lowest BCUT2D eigenvalue weighted by molar-refractivity contribution is -0.143. The highest BCUT2D eigenvalue weighted by atomic mass is 79.9. The molecular weight excluding hydrogens is 406 g/mol. The highest BCUT2D eigenvalue weighted by Gasteiger charge is 2.13. The molecule has 0 aliphatic carbocycles. The number of ether oxygens (including phenoxy) is 1. The molecule has 0 aliphatic heterocycles. The number of aryl methyl sites for hydroxylation is 1. The Balaban J connectivity index is 1.62. The Labute approximate surface area is 156 Å². The van der Waals surface area contributed by atoms with Crippen molar-refractivity contribution in [2.24, 2.45) is 0 Å². The van der Waals surface area contributed by atoms with Gasteiger partial charge in [-0.1, -0.05) is 12.1 Å². The SMILES string of the molecule is Cc1ccc2c(COC(=O)CNC(=O)c3ccc(Br)o3)cc(=O)oc2c1. The van der Waals surface area contributed by atoms with E-state index >= 15 is 0 Å². The van der Waals surface area contributed by atoms with Crippen LogP contribution in [-0.2, 0) is 16.1 Å². The maximum atomic E-state index is 11.9. The molecule has 1 aromatic carbocycles. The number of hydrogen-bond donors (Lipinski definition) is 1. The van der Waals surface area contributed by atoms with Gasteiger partial charge >= 0.3 is 11.6 Å². The van der Waals surface area contributed by atoms with Crippen molar-refractivity contribution in [1.82, 2.24) is 5.32 Å². The summed E-state index contributed by atoms with van der Waals surface area (Å²) in [4.78, 5) is 35.3. The average Bonchev–Trinajstić information content (AvgIpc) is 3.03. The molecule has 0 fully saturated rings. The largest absolute Gasteiger partial charge is 0.459 e. The van der Waals surface area contributed by atoms with Crippen molar-refractivity contribution in [3.63, 3.8) is 0 Å². The molecule has 0 saturated carbocycles. The first kappa shape index (κ1) is 17.9. The van der Waals surface area contributed by atoms with Crippen molar-refractivity contribution in [3.05, 3.63) is 68.4 Å². The van der Waals surface area contributed by atoms with Gasteiger partial charge in [0.2, 0.25) is 0 Å². The summed E-state index contributed by atoms with van der Waals surface area (Å²) in [5.41, 5.74) is 1.39. The first-order valence-corrected chi connectivity index (χ1v) is 8.44. The van der Waals surface area contributed by atoms with Crippen LogP contribution in [0, 0.1) is 6.92 Å². The van der Waals surface area contributed by atoms with Crippen LogP contribution < -0.4 is 10.9 Å². The van der Waals surface area contributed by atoms with Crippen molar-refractivity contribution < 1.29 is 23.2 Å². The maximum Gasteiger partial charge on any atom is 0.336 e. The van der Waals surface area contributed by atoms with Gasteiger partial charge in [-0.05, 0) is 46.6 Å². The van der Waals surface area contributed by atoms with Crippen LogP contribution in [0.25, 0.3) is 11.0 Å². The van der Waals surface area contributed by atoms with Crippen LogP contribution in [-0.4, -0.2) is 18.4 Å². The molecule has 3 rings (SSSR count). The topological polar surface area (TPSA) is 98.7 Å². The van der Waals surface area contributed by atoms with E-state index in [9.17, 15) is 14.4 Å². The minimum atomic E-state index is -0.641. The van der Waals surface area contributed by atoms with Crippen LogP contribution in [0.5, 0.6) is 0 Å². The van der Waals surface area contributed by atoms with Crippen LogP contribution in [0.1, 0.15) is 21.7 Å². The fourth-order valence-electron chi connectivity index (χ4n) is 2.34. The zero-order chi connectivity index (χ0) is 18.7. The van der Waals surface area contributed by atoms with Gasteiger partial charge in [-0.25, -0.2) is 4.79 Å². The van der Waals surface area contributed by atoms with E-state index in [0.29, 0.717) is 21.2 Å². The minimum absolute atomic E-state index is 0.0757. The number of benzene rings is 1. The molecular formula is C18H14BrNO6. The van der Waals surface area contributed by atoms with Crippen molar-refractivity contribution >= 4 is 38.8 Å². The number of furan rings is 1. The van der Waals surface area contributed by atoms with Crippen LogP contribution in [0.2, 0.25) is 0 Å². The highest BCUT2D eigenvalue weighted by molar-refractivity contribution is 9.10. The number of fused-ring (bicyclic) bond motifs is 1. The van der Waals surface area contributed by atoms with Gasteiger partial charge < -0.3 is 18.9 Å². The van der Waals surface area contributed by atoms with Crippen molar-refractivity contribution in [3.8, 4) is 0 Å². The third kappa shape index (κ3) is 4.20. The molecule has 2 aromatic heterocycles. The fourth-order valence-corrected chi connectivity index (χ4v) is 2.65. The zero-order valence-corrected chi connectivity index (χ0v) is 15.3. The summed E-state index contributed by atoms with van der Waals surface area (Å²) >= 11 is 3.09. The number of hydrogen-bond acceptors (Lipinski definition) is 6. The predicted octanol–water partition coefficient (Wildman–Crippen LogP) is 2.93. The van der Waals surface area contributed by atoms with E-state index in [4.69, 9.17) is 13.6 Å². The van der Waals surface area contributed by atoms with Crippen molar-refractivity contribution in [2.45, 2.75) is 13.5 Å². The van der Waals surface area contributed by atoms with Gasteiger partial charge in [-0.15, -0.1) is 0 Å². The maximum absolute atomic E-state index is 11.9. The highest BCUT2D eigenvalue weighted by Crippen LogP contribution is 2.19. The van der Waals surface area contributed by atoms with Gasteiger partial charge in [-0.2, -0.15) is 0 Å². The quantitative estimate of drug-likeness (QED) is 0.504. The third-order valence-corrected chi connectivity index (χ3v) is 3.99. The van der Waals surface area contributed by atoms with Gasteiger partial charge in [0, 0.05) is 17.0 Å². The normalized spacial score (nSPS) is 10.7. The van der Waals surface area contributed by atoms with Crippen molar-refractivity contribution in [1.29, 1.82) is 0 Å². The third-order valence-electron chi connectivity index (χ3n) is 3.56. The molecule has 0 unspecified atom stereocenters. The lowest BCUT2D eigenvalue weighted by atomic mass is 10.1. The number of amides is 1. The van der Waals surface area contributed by atoms with Gasteiger partial charge in [0.15, 0.2) is 10.4 Å². The second-order valence-corrected chi connectivity index (χ2v) is 6.32. The predicted molar refractivity (Wildman–Crippen MR) is 95.8 cm³/mol. The zero-order valence-electron chi connectivity index (χ0n) is 13.7. The lowest BCUT2D eigenvalue weighted by Crippen LogP contribution is -2.30. The lowest BCUT2D eigenvalue weighted by Gasteiger charge is -2.08. The number of carbonyl (C=O) groups excluding carboxylic acids is 2. The van der Waals surface area contributed by atoms with Gasteiger partial charge in [0.05, 0.1) is 0 Å². The first-order chi connectivity index (χ1) is 12.4. The summed E-state index contributed by atoms with van der Waals surface area (Å²) in [5, 5.41) is 3.08. The van der Waals surface area contributed by atoms with E-state index in [1.54, 1.807) is 18.2 Å². The second-order valence-electron chi connectivity index (χ2n) is 5.54. The Morgan fingerprint density at radius 2 is 1.96 bits per heavy atom. The molecule has 0 bridgehead atoms. The molecule has 7 nitrogen and oxygen atoms in total. The number of rotatable bonds is 5. The first-order valence-electron chi connectivity index (χ1n) is 7.65. The smallest absolute Gasteiger partial charge is 0.336 e. The van der Waals surface area contributed by atoms with E-state index in [0.717, 1.165) is 5.56 Å². The van der Waals surface area contributed by atoms with E-state index in [1.807, 2.05) is 13.0 Å². The Morgan fingerprint density at radius 1 is 1.15 bits per heavy atom. The Hall–Kier alpha value is -2.87. The Bertz CT molecular complexity index is 1040. The van der Waals surface area contributed by atoms with Crippen LogP contribution in [0.4, 0.5) is 0 Å². The molecule has 134 valence electrons. The number of carbonyl (C=O) groups is 2. The average molecular weight is 420 g/mol. The van der Waals surface area contributed by atoms with Gasteiger partial charge in [-0.3, -0.25) is 9.59 Å². The van der Waals surface area contributed by atoms with E-state index in [1.165, 1.54) is 12.1 Å². The van der Waals surface area contributed by atoms with Crippen molar-refractivity contribution in [2.75, 3.05) is 6.54 Å². The van der Waals surface area contributed by atoms with Crippen LogP contribution in [0.15, 0.2) is 54.7 Å². The van der Waals surface area contributed by atoms with Crippen LogP contribution >= 0.6 is 15.9 Å². The number of esters is 1. The fraction of sp³-hybridized carbons (Fsp3) is 0.167. The molecule has 0 spiro atoms. The monoisotopic (exact) mass is 419 g/mol. The Morgan fingerprint density at radius 3 is 2.69 bits per heavy atom. The molecule has 2 heterocycles. The van der Waals surface area contributed by atoms with Crippen LogP contribution in [0.3, 0.4) is 0 Å². The minimum Gasteiger partial charge on any atom is -0.459 e. The summed E-state index contributed by atoms with van der Waals surface area (Å²) in [7, 11) is 0.